The normalized spacial score (nSPS) is 14.6. The topological polar surface area (TPSA) is 57.5 Å². The Hall–Kier alpha value is -1.87. The smallest absolute Gasteiger partial charge is 0.313 e. The Morgan fingerprint density at radius 1 is 1.31 bits per heavy atom. The van der Waals surface area contributed by atoms with Crippen LogP contribution in [0.2, 0.25) is 0 Å². The predicted octanol–water partition coefficient (Wildman–Crippen LogP) is 1.95. The number of aliphatic hydroxyl groups is 1. The van der Waals surface area contributed by atoms with Crippen LogP contribution in [0, 0.1) is 5.92 Å². The molecule has 0 aromatic heterocycles. The minimum absolute atomic E-state index is 0.912. The van der Waals surface area contributed by atoms with Gasteiger partial charge in [0.25, 0.3) is 0 Å². The van der Waals surface area contributed by atoms with E-state index < -0.39 is 18.0 Å². The van der Waals surface area contributed by atoms with Crippen LogP contribution < -0.4 is 0 Å². The summed E-state index contributed by atoms with van der Waals surface area (Å²) in [5.74, 6) is -2.06. The molecular formula is C13H14O3. The first-order chi connectivity index (χ1) is 7.65. The summed E-state index contributed by atoms with van der Waals surface area (Å²) < 4.78 is 0. The van der Waals surface area contributed by atoms with Gasteiger partial charge in [0, 0.05) is 0 Å². The Bertz CT molecular complexity index is 381. The van der Waals surface area contributed by atoms with Gasteiger partial charge in [-0.1, -0.05) is 48.6 Å². The second kappa shape index (κ2) is 5.88. The summed E-state index contributed by atoms with van der Waals surface area (Å²) in [5, 5.41) is 18.4. The highest BCUT2D eigenvalue weighted by atomic mass is 16.4. The number of benzene rings is 1. The molecule has 0 aliphatic carbocycles. The van der Waals surface area contributed by atoms with Crippen molar-refractivity contribution in [2.45, 2.75) is 6.10 Å². The van der Waals surface area contributed by atoms with Crippen LogP contribution in [0.15, 0.2) is 49.1 Å². The van der Waals surface area contributed by atoms with Crippen molar-refractivity contribution >= 4 is 12.0 Å². The molecule has 3 heteroatoms. The fourth-order valence-electron chi connectivity index (χ4n) is 1.28. The molecule has 0 saturated heterocycles. The second-order valence-electron chi connectivity index (χ2n) is 3.36. The average molecular weight is 218 g/mol. The van der Waals surface area contributed by atoms with Gasteiger partial charge < -0.3 is 10.2 Å². The minimum atomic E-state index is -1.08. The van der Waals surface area contributed by atoms with E-state index in [-0.39, 0.29) is 0 Å². The maximum atomic E-state index is 10.7. The molecule has 1 aromatic carbocycles. The first-order valence-electron chi connectivity index (χ1n) is 4.92. The van der Waals surface area contributed by atoms with Crippen molar-refractivity contribution in [3.63, 3.8) is 0 Å². The molecule has 0 spiro atoms. The van der Waals surface area contributed by atoms with E-state index in [9.17, 15) is 9.90 Å². The molecule has 0 heterocycles. The van der Waals surface area contributed by atoms with E-state index >= 15 is 0 Å². The summed E-state index contributed by atoms with van der Waals surface area (Å²) in [5.41, 5.74) is 0.912. The first kappa shape index (κ1) is 12.2. The van der Waals surface area contributed by atoms with Crippen LogP contribution in [-0.2, 0) is 4.79 Å². The van der Waals surface area contributed by atoms with Crippen molar-refractivity contribution in [2.75, 3.05) is 0 Å². The molecule has 0 unspecified atom stereocenters. The molecule has 1 aromatic rings. The van der Waals surface area contributed by atoms with Crippen LogP contribution >= 0.6 is 0 Å². The van der Waals surface area contributed by atoms with Gasteiger partial charge in [-0.3, -0.25) is 4.79 Å². The second-order valence-corrected chi connectivity index (χ2v) is 3.36. The standard InChI is InChI=1S/C13H14O3/c1-2-11(13(15)16)12(14)9-8-10-6-4-3-5-7-10/h2-9,11-12,14H,1H2,(H,15,16)/b9-8+/t11-,12+/m1/s1. The summed E-state index contributed by atoms with van der Waals surface area (Å²) in [7, 11) is 0. The van der Waals surface area contributed by atoms with E-state index in [2.05, 4.69) is 6.58 Å². The van der Waals surface area contributed by atoms with E-state index in [0.717, 1.165) is 5.56 Å². The Morgan fingerprint density at radius 3 is 2.44 bits per heavy atom. The summed E-state index contributed by atoms with van der Waals surface area (Å²) in [6.07, 6.45) is 3.30. The van der Waals surface area contributed by atoms with Crippen molar-refractivity contribution < 1.29 is 15.0 Å². The molecule has 0 saturated carbocycles. The van der Waals surface area contributed by atoms with Crippen LogP contribution in [0.4, 0.5) is 0 Å². The van der Waals surface area contributed by atoms with Gasteiger partial charge >= 0.3 is 5.97 Å². The van der Waals surface area contributed by atoms with Gasteiger partial charge in [0.1, 0.15) is 5.92 Å². The third kappa shape index (κ3) is 3.37. The quantitative estimate of drug-likeness (QED) is 0.742. The Labute approximate surface area is 94.4 Å². The van der Waals surface area contributed by atoms with Gasteiger partial charge in [0.2, 0.25) is 0 Å². The van der Waals surface area contributed by atoms with Gasteiger partial charge in [-0.05, 0) is 5.56 Å². The molecule has 0 radical (unpaired) electrons. The number of hydrogen-bond donors (Lipinski definition) is 2. The number of hydrogen-bond acceptors (Lipinski definition) is 2. The van der Waals surface area contributed by atoms with Crippen LogP contribution in [-0.4, -0.2) is 22.3 Å². The maximum Gasteiger partial charge on any atom is 0.313 e. The van der Waals surface area contributed by atoms with Gasteiger partial charge in [0.15, 0.2) is 0 Å². The molecule has 84 valence electrons. The fraction of sp³-hybridized carbons (Fsp3) is 0.154. The molecule has 0 amide bonds. The molecule has 1 rings (SSSR count). The van der Waals surface area contributed by atoms with Crippen molar-refractivity contribution in [3.8, 4) is 0 Å². The highest BCUT2D eigenvalue weighted by Crippen LogP contribution is 2.09. The molecule has 0 aliphatic heterocycles. The van der Waals surface area contributed by atoms with Crippen LogP contribution in [0.5, 0.6) is 0 Å². The summed E-state index contributed by atoms with van der Waals surface area (Å²) in [4.78, 5) is 10.7. The lowest BCUT2D eigenvalue weighted by atomic mass is 10.0. The number of carboxylic acid groups (broad SMARTS) is 1. The first-order valence-corrected chi connectivity index (χ1v) is 4.92. The summed E-state index contributed by atoms with van der Waals surface area (Å²) >= 11 is 0. The van der Waals surface area contributed by atoms with Crippen LogP contribution in [0.25, 0.3) is 6.08 Å². The minimum Gasteiger partial charge on any atom is -0.481 e. The van der Waals surface area contributed by atoms with Crippen molar-refractivity contribution in [2.24, 2.45) is 5.92 Å². The summed E-state index contributed by atoms with van der Waals surface area (Å²) in [6.45, 7) is 3.38. The number of aliphatic hydroxyl groups excluding tert-OH is 1. The third-order valence-corrected chi connectivity index (χ3v) is 2.19. The third-order valence-electron chi connectivity index (χ3n) is 2.19. The Balaban J connectivity index is 2.70. The average Bonchev–Trinajstić information content (AvgIpc) is 2.28. The van der Waals surface area contributed by atoms with Crippen molar-refractivity contribution in [1.29, 1.82) is 0 Å². The van der Waals surface area contributed by atoms with E-state index in [1.165, 1.54) is 12.2 Å². The van der Waals surface area contributed by atoms with E-state index in [1.807, 2.05) is 30.3 Å². The van der Waals surface area contributed by atoms with Gasteiger partial charge in [-0.15, -0.1) is 6.58 Å². The Kier molecular flexibility index (Phi) is 4.48. The van der Waals surface area contributed by atoms with Gasteiger partial charge in [-0.25, -0.2) is 0 Å². The van der Waals surface area contributed by atoms with E-state index in [0.29, 0.717) is 0 Å². The largest absolute Gasteiger partial charge is 0.481 e. The van der Waals surface area contributed by atoms with Crippen molar-refractivity contribution in [3.05, 3.63) is 54.6 Å². The lowest BCUT2D eigenvalue weighted by molar-refractivity contribution is -0.142. The monoisotopic (exact) mass is 218 g/mol. The highest BCUT2D eigenvalue weighted by Gasteiger charge is 2.20. The fourth-order valence-corrected chi connectivity index (χ4v) is 1.28. The SMILES string of the molecule is C=C[C@@H](C(=O)O)[C@@H](O)/C=C/c1ccccc1. The molecule has 0 fully saturated rings. The van der Waals surface area contributed by atoms with Gasteiger partial charge in [-0.2, -0.15) is 0 Å². The lowest BCUT2D eigenvalue weighted by Crippen LogP contribution is -2.24. The molecule has 3 nitrogen and oxygen atoms in total. The zero-order valence-corrected chi connectivity index (χ0v) is 8.78. The molecule has 16 heavy (non-hydrogen) atoms. The van der Waals surface area contributed by atoms with E-state index in [4.69, 9.17) is 5.11 Å². The molecular weight excluding hydrogens is 204 g/mol. The number of carbonyl (C=O) groups is 1. The number of aliphatic carboxylic acids is 1. The van der Waals surface area contributed by atoms with E-state index in [1.54, 1.807) is 6.08 Å². The van der Waals surface area contributed by atoms with Gasteiger partial charge in [0.05, 0.1) is 6.10 Å². The van der Waals surface area contributed by atoms with Crippen LogP contribution in [0.1, 0.15) is 5.56 Å². The molecule has 0 bridgehead atoms. The molecule has 0 aliphatic rings. The lowest BCUT2D eigenvalue weighted by Gasteiger charge is -2.10. The maximum absolute atomic E-state index is 10.7. The Morgan fingerprint density at radius 2 is 1.94 bits per heavy atom. The molecule has 2 atom stereocenters. The molecule has 2 N–H and O–H groups in total. The zero-order valence-electron chi connectivity index (χ0n) is 8.78. The zero-order chi connectivity index (χ0) is 12.0. The van der Waals surface area contributed by atoms with Crippen molar-refractivity contribution in [1.82, 2.24) is 0 Å². The number of rotatable bonds is 5. The summed E-state index contributed by atoms with van der Waals surface area (Å²) in [6, 6.07) is 9.36. The highest BCUT2D eigenvalue weighted by molar-refractivity contribution is 5.73. The van der Waals surface area contributed by atoms with Crippen LogP contribution in [0.3, 0.4) is 0 Å². The predicted molar refractivity (Wildman–Crippen MR) is 62.8 cm³/mol. The number of carboxylic acids is 1.